The highest BCUT2D eigenvalue weighted by Gasteiger charge is 2.27. The van der Waals surface area contributed by atoms with E-state index in [1.54, 1.807) is 36.3 Å². The predicted octanol–water partition coefficient (Wildman–Crippen LogP) is 2.43. The fraction of sp³-hybridized carbons (Fsp3) is 0.583. The Morgan fingerprint density at radius 2 is 1.69 bits per heavy atom. The van der Waals surface area contributed by atoms with E-state index < -0.39 is 10.0 Å². The van der Waals surface area contributed by atoms with Crippen molar-refractivity contribution < 1.29 is 27.8 Å². The quantitative estimate of drug-likeness (QED) is 0.149. The Morgan fingerprint density at radius 3 is 2.38 bits per heavy atom. The summed E-state index contributed by atoms with van der Waals surface area (Å²) in [4.78, 5) is 29.7. The summed E-state index contributed by atoms with van der Waals surface area (Å²) in [5, 5.41) is 13.4. The second-order valence-corrected chi connectivity index (χ2v) is 16.4. The maximum absolute atomic E-state index is 13.1. The van der Waals surface area contributed by atoms with Gasteiger partial charge in [0.15, 0.2) is 5.75 Å². The fourth-order valence-electron chi connectivity index (χ4n) is 7.19. The van der Waals surface area contributed by atoms with Crippen LogP contribution >= 0.6 is 0 Å². The van der Waals surface area contributed by atoms with Crippen LogP contribution in [0, 0.1) is 5.92 Å². The number of likely N-dealkylation sites (N-methyl/N-ethyl adjacent to an activating group) is 1. The van der Waals surface area contributed by atoms with Gasteiger partial charge in [0.2, 0.25) is 27.8 Å². The van der Waals surface area contributed by atoms with Crippen molar-refractivity contribution in [1.29, 1.82) is 0 Å². The molecule has 4 aromatic rings. The Balaban J connectivity index is 0.991. The van der Waals surface area contributed by atoms with Gasteiger partial charge in [-0.3, -0.25) is 19.4 Å². The monoisotopic (exact) mass is 780 g/mol. The van der Waals surface area contributed by atoms with Crippen LogP contribution in [0.5, 0.6) is 11.6 Å². The molecule has 0 radical (unpaired) electrons. The average Bonchev–Trinajstić information content (AvgIpc) is 3.56. The normalized spacial score (nSPS) is 20.0. The number of piperazine rings is 1. The molecule has 18 nitrogen and oxygen atoms in total. The molecule has 2 aliphatic heterocycles. The van der Waals surface area contributed by atoms with Crippen molar-refractivity contribution in [2.24, 2.45) is 13.0 Å². The lowest BCUT2D eigenvalue weighted by atomic mass is 9.87. The number of imidazole rings is 1. The summed E-state index contributed by atoms with van der Waals surface area (Å²) in [6.07, 6.45) is 11.2. The van der Waals surface area contributed by atoms with E-state index >= 15 is 0 Å². The number of pyridine rings is 2. The van der Waals surface area contributed by atoms with Crippen LogP contribution in [0.2, 0.25) is 0 Å². The summed E-state index contributed by atoms with van der Waals surface area (Å²) < 4.78 is 47.2. The number of ether oxygens (including phenoxy) is 3. The molecule has 55 heavy (non-hydrogen) atoms. The van der Waals surface area contributed by atoms with Crippen LogP contribution in [0.3, 0.4) is 0 Å². The zero-order valence-electron chi connectivity index (χ0n) is 31.8. The van der Waals surface area contributed by atoms with E-state index in [9.17, 15) is 13.6 Å². The van der Waals surface area contributed by atoms with Crippen molar-refractivity contribution in [2.45, 2.75) is 38.3 Å². The Bertz CT molecular complexity index is 1980. The number of fused-ring (bicyclic) bond motifs is 1. The van der Waals surface area contributed by atoms with Crippen molar-refractivity contribution in [3.63, 3.8) is 0 Å². The van der Waals surface area contributed by atoms with Crippen molar-refractivity contribution in [3.05, 3.63) is 42.6 Å². The number of sulfonamides is 1. The molecular weight excluding hydrogens is 729 g/mol. The van der Waals surface area contributed by atoms with Crippen LogP contribution in [0.1, 0.15) is 31.4 Å². The molecule has 0 atom stereocenters. The van der Waals surface area contributed by atoms with Crippen LogP contribution in [-0.2, 0) is 28.4 Å². The summed E-state index contributed by atoms with van der Waals surface area (Å²) >= 11 is 0. The van der Waals surface area contributed by atoms with E-state index in [-0.39, 0.29) is 18.6 Å². The number of nitrogens with one attached hydrogen (secondary N) is 2. The van der Waals surface area contributed by atoms with Gasteiger partial charge in [-0.05, 0) is 44.7 Å². The lowest BCUT2D eigenvalue weighted by molar-refractivity contribution is 0.121. The number of hydrogen-bond acceptors (Lipinski definition) is 16. The van der Waals surface area contributed by atoms with Gasteiger partial charge in [0, 0.05) is 65.5 Å². The number of aromatic nitrogens is 6. The summed E-state index contributed by atoms with van der Waals surface area (Å²) in [6, 6.07) is 3.69. The first kappa shape index (κ1) is 38.7. The number of morpholine rings is 1. The summed E-state index contributed by atoms with van der Waals surface area (Å²) in [5.74, 6) is 3.05. The van der Waals surface area contributed by atoms with Gasteiger partial charge in [-0.15, -0.1) is 0 Å². The van der Waals surface area contributed by atoms with Crippen molar-refractivity contribution in [1.82, 2.24) is 39.3 Å². The molecule has 3 aliphatic rings. The molecular formula is C36H52N12O6S. The zero-order chi connectivity index (χ0) is 38.4. The fourth-order valence-corrected chi connectivity index (χ4v) is 8.04. The van der Waals surface area contributed by atoms with Crippen LogP contribution in [0.15, 0.2) is 36.9 Å². The Hall–Kier alpha value is -4.56. The van der Waals surface area contributed by atoms with E-state index in [1.807, 2.05) is 11.5 Å². The summed E-state index contributed by atoms with van der Waals surface area (Å²) in [6.45, 7) is 9.14. The molecule has 0 unspecified atom stereocenters. The smallest absolute Gasteiger partial charge is 0.232 e. The molecule has 1 aliphatic carbocycles. The van der Waals surface area contributed by atoms with Crippen molar-refractivity contribution in [2.75, 3.05) is 105 Å². The number of rotatable bonds is 15. The minimum absolute atomic E-state index is 0.0229. The molecule has 2 saturated heterocycles. The van der Waals surface area contributed by atoms with E-state index in [0.717, 1.165) is 77.0 Å². The van der Waals surface area contributed by atoms with E-state index in [4.69, 9.17) is 24.2 Å². The van der Waals surface area contributed by atoms with Gasteiger partial charge in [-0.25, -0.2) is 28.8 Å². The minimum Gasteiger partial charge on any atom is -0.489 e. The topological polar surface area (TPSA) is 188 Å². The third kappa shape index (κ3) is 9.82. The number of anilines is 4. The van der Waals surface area contributed by atoms with Gasteiger partial charge < -0.3 is 33.9 Å². The van der Waals surface area contributed by atoms with Crippen molar-refractivity contribution >= 4 is 44.3 Å². The molecule has 0 amide bonds. The van der Waals surface area contributed by atoms with Crippen molar-refractivity contribution in [3.8, 4) is 11.6 Å². The van der Waals surface area contributed by atoms with Crippen LogP contribution in [-0.4, -0.2) is 144 Å². The third-order valence-electron chi connectivity index (χ3n) is 10.7. The van der Waals surface area contributed by atoms with E-state index in [0.29, 0.717) is 78.7 Å². The first-order valence-corrected chi connectivity index (χ1v) is 20.8. The molecule has 0 spiro atoms. The maximum Gasteiger partial charge on any atom is 0.232 e. The lowest BCUT2D eigenvalue weighted by Crippen LogP contribution is -2.45. The molecule has 0 bridgehead atoms. The lowest BCUT2D eigenvalue weighted by Gasteiger charge is -2.32. The largest absolute Gasteiger partial charge is 0.489 e. The molecule has 298 valence electrons. The van der Waals surface area contributed by atoms with E-state index in [1.165, 1.54) is 10.5 Å². The van der Waals surface area contributed by atoms with Gasteiger partial charge in [0.05, 0.1) is 73.1 Å². The second-order valence-electron chi connectivity index (χ2n) is 14.5. The Labute approximate surface area is 321 Å². The molecule has 1 saturated carbocycles. The predicted molar refractivity (Wildman–Crippen MR) is 209 cm³/mol. The van der Waals surface area contributed by atoms with Gasteiger partial charge in [0.25, 0.3) is 0 Å². The van der Waals surface area contributed by atoms with Crippen LogP contribution in [0.4, 0.5) is 23.4 Å². The first-order chi connectivity index (χ1) is 26.6. The Kier molecular flexibility index (Phi) is 12.3. The molecule has 0 aromatic carbocycles. The highest BCUT2D eigenvalue weighted by Crippen LogP contribution is 2.35. The summed E-state index contributed by atoms with van der Waals surface area (Å²) in [5.41, 5.74) is 3.60. The molecule has 6 heterocycles. The SMILES string of the molecule is CN1CCN(CCOc2cnc(NCC3CCC(Oc4nc(N5CCOCC5)cc5ncc(N(Cc6cnc(NO)n6C)S(C)(=O)=O)cc45)CC3)nc2)CC1. The van der Waals surface area contributed by atoms with Gasteiger partial charge in [-0.2, -0.15) is 4.98 Å². The maximum atomic E-state index is 13.1. The molecule has 19 heteroatoms. The average molecular weight is 781 g/mol. The number of hydrogen-bond donors (Lipinski definition) is 3. The highest BCUT2D eigenvalue weighted by molar-refractivity contribution is 7.92. The molecule has 3 fully saturated rings. The minimum atomic E-state index is -3.75. The van der Waals surface area contributed by atoms with Crippen LogP contribution < -0.4 is 29.5 Å². The van der Waals surface area contributed by atoms with Gasteiger partial charge in [0.1, 0.15) is 18.5 Å². The highest BCUT2D eigenvalue weighted by atomic mass is 32.2. The molecule has 7 rings (SSSR count). The molecule has 3 N–H and O–H groups in total. The zero-order valence-corrected chi connectivity index (χ0v) is 32.6. The standard InChI is InChI=1S/C36H52N12O6S/c1-44-8-10-46(11-9-44)12-17-53-30-23-39-35(40-24-30)38-20-26-4-6-29(7-5-26)54-34-31-18-27(21-37-32(31)19-33(42-34)47-13-15-52-16-14-47)48(55(3,50)51)25-28-22-41-36(43-49)45(28)2/h18-19,21-24,26,29,49H,4-17,20,25H2,1-3H3,(H,41,43)(H,38,39,40). The van der Waals surface area contributed by atoms with E-state index in [2.05, 4.69) is 42.0 Å². The Morgan fingerprint density at radius 1 is 0.945 bits per heavy atom. The summed E-state index contributed by atoms with van der Waals surface area (Å²) in [7, 11) is 0.0956. The van der Waals surface area contributed by atoms with Gasteiger partial charge >= 0.3 is 0 Å². The third-order valence-corrected chi connectivity index (χ3v) is 11.8. The second kappa shape index (κ2) is 17.5. The first-order valence-electron chi connectivity index (χ1n) is 18.9. The van der Waals surface area contributed by atoms with Crippen LogP contribution in [0.25, 0.3) is 10.9 Å². The molecule has 4 aromatic heterocycles. The van der Waals surface area contributed by atoms with Gasteiger partial charge in [-0.1, -0.05) is 0 Å². The number of nitrogens with zero attached hydrogens (tertiary/aromatic N) is 10.